The molecule has 1 aromatic heterocycles. The van der Waals surface area contributed by atoms with Crippen LogP contribution in [0.1, 0.15) is 0 Å². The second-order valence-electron chi connectivity index (χ2n) is 5.04. The molecule has 1 fully saturated rings. The molecule has 2 aliphatic rings. The van der Waals surface area contributed by atoms with E-state index in [1.54, 1.807) is 28.7 Å². The lowest BCUT2D eigenvalue weighted by Crippen LogP contribution is -2.69. The zero-order valence-corrected chi connectivity index (χ0v) is 15.8. The maximum absolute atomic E-state index is 11.8. The smallest absolute Gasteiger partial charge is 0.248 e. The second kappa shape index (κ2) is 8.30. The lowest BCUT2D eigenvalue weighted by atomic mass is 10.0. The summed E-state index contributed by atoms with van der Waals surface area (Å²) in [4.78, 5) is 24.5. The second-order valence-corrected chi connectivity index (χ2v) is 6.14. The number of rotatable bonds is 3. The van der Waals surface area contributed by atoms with Crippen LogP contribution < -0.4 is 21.3 Å². The van der Waals surface area contributed by atoms with Crippen LogP contribution in [0.2, 0.25) is 0 Å². The van der Waals surface area contributed by atoms with Crippen LogP contribution in [0.15, 0.2) is 23.5 Å². The van der Waals surface area contributed by atoms with Crippen LogP contribution in [-0.2, 0) is 23.2 Å². The number of aromatic nitrogens is 2. The Bertz CT molecular complexity index is 681. The van der Waals surface area contributed by atoms with E-state index in [1.807, 2.05) is 0 Å². The molecule has 2 aliphatic heterocycles. The molecule has 1 aromatic rings. The number of fused-ring (bicyclic) bond motifs is 1. The van der Waals surface area contributed by atoms with Crippen LogP contribution >= 0.6 is 49.0 Å². The van der Waals surface area contributed by atoms with Gasteiger partial charge in [0, 0.05) is 11.3 Å². The molecule has 0 bridgehead atoms. The minimum Gasteiger partial charge on any atom is -0.543 e. The van der Waals surface area contributed by atoms with Crippen molar-refractivity contribution in [3.05, 3.63) is 23.5 Å². The highest BCUT2D eigenvalue weighted by molar-refractivity contribution is 8.00. The summed E-state index contributed by atoms with van der Waals surface area (Å²) in [5.74, 6) is -0.670. The lowest BCUT2D eigenvalue weighted by molar-refractivity contribution is -0.765. The first-order valence-electron chi connectivity index (χ1n) is 6.36. The van der Waals surface area contributed by atoms with E-state index in [0.29, 0.717) is 23.7 Å². The third kappa shape index (κ3) is 3.45. The van der Waals surface area contributed by atoms with Crippen LogP contribution in [0.5, 0.6) is 0 Å². The van der Waals surface area contributed by atoms with Crippen molar-refractivity contribution in [3.8, 4) is 0 Å². The van der Waals surface area contributed by atoms with Gasteiger partial charge in [-0.25, -0.2) is 0 Å². The SMILES string of the molecule is Cl.Cl.Cl.Cn1c(N)cc[n+]1CC1=C(C(=O)[O-])N2C(=O)[C@@H](N)[C@H]2SC1. The van der Waals surface area contributed by atoms with Crippen LogP contribution in [0.25, 0.3) is 0 Å². The number of carboxylic acids is 1. The van der Waals surface area contributed by atoms with Crippen LogP contribution in [0.3, 0.4) is 0 Å². The number of thioether (sulfide) groups is 1. The highest BCUT2D eigenvalue weighted by atomic mass is 35.5. The number of nitrogen functional groups attached to an aromatic ring is 1. The average Bonchev–Trinajstić information content (AvgIpc) is 2.77. The molecule has 12 heteroatoms. The van der Waals surface area contributed by atoms with Gasteiger partial charge in [0.15, 0.2) is 18.6 Å². The summed E-state index contributed by atoms with van der Waals surface area (Å²) in [7, 11) is 1.78. The van der Waals surface area contributed by atoms with Gasteiger partial charge >= 0.3 is 0 Å². The number of carbonyl (C=O) groups is 2. The minimum absolute atomic E-state index is 0. The zero-order chi connectivity index (χ0) is 15.3. The van der Waals surface area contributed by atoms with Gasteiger partial charge in [-0.05, 0) is 0 Å². The molecule has 8 nitrogen and oxygen atoms in total. The summed E-state index contributed by atoms with van der Waals surface area (Å²) < 4.78 is 3.49. The van der Waals surface area contributed by atoms with Crippen molar-refractivity contribution in [1.82, 2.24) is 9.58 Å². The van der Waals surface area contributed by atoms with Gasteiger partial charge in [-0.15, -0.1) is 58.3 Å². The molecule has 136 valence electrons. The summed E-state index contributed by atoms with van der Waals surface area (Å²) in [5, 5.41) is 11.1. The van der Waals surface area contributed by atoms with Crippen molar-refractivity contribution < 1.29 is 19.4 Å². The topological polar surface area (TPSA) is 121 Å². The summed E-state index contributed by atoms with van der Waals surface area (Å²) in [6, 6.07) is 1.09. The number of hydrogen-bond acceptors (Lipinski definition) is 6. The van der Waals surface area contributed by atoms with E-state index < -0.39 is 12.0 Å². The zero-order valence-electron chi connectivity index (χ0n) is 12.6. The van der Waals surface area contributed by atoms with E-state index in [4.69, 9.17) is 11.5 Å². The first kappa shape index (κ1) is 22.9. The molecule has 2 atom stereocenters. The quantitative estimate of drug-likeness (QED) is 0.451. The fourth-order valence-corrected chi connectivity index (χ4v) is 3.84. The van der Waals surface area contributed by atoms with Crippen molar-refractivity contribution in [3.63, 3.8) is 0 Å². The summed E-state index contributed by atoms with van der Waals surface area (Å²) >= 11 is 1.46. The van der Waals surface area contributed by atoms with Gasteiger partial charge in [-0.3, -0.25) is 9.69 Å². The first-order valence-corrected chi connectivity index (χ1v) is 7.41. The van der Waals surface area contributed by atoms with Crippen molar-refractivity contribution in [2.75, 3.05) is 11.5 Å². The van der Waals surface area contributed by atoms with Gasteiger partial charge in [-0.2, -0.15) is 0 Å². The van der Waals surface area contributed by atoms with E-state index in [0.717, 1.165) is 0 Å². The van der Waals surface area contributed by atoms with Crippen molar-refractivity contribution in [1.29, 1.82) is 0 Å². The molecule has 0 aliphatic carbocycles. The standard InChI is InChI=1S/C12H15N5O3S.3ClH/c1-15-7(13)2-3-16(15)4-6-5-21-11-8(14)10(18)17(11)9(6)12(19)20;;;/h2-3,8,11,13H,4-5,14H2,1H3,(H,19,20);3*1H/t8-,11-;;;/m1.../s1. The number of β-lactam (4-membered cyclic amide) rings is 1. The highest BCUT2D eigenvalue weighted by Gasteiger charge is 2.50. The molecule has 0 saturated carbocycles. The molecule has 0 spiro atoms. The van der Waals surface area contributed by atoms with E-state index in [9.17, 15) is 14.7 Å². The predicted molar refractivity (Wildman–Crippen MR) is 94.9 cm³/mol. The molecule has 3 rings (SSSR count). The normalized spacial score (nSPS) is 21.8. The molecule has 4 N–H and O–H groups in total. The molecule has 0 radical (unpaired) electrons. The number of anilines is 1. The van der Waals surface area contributed by atoms with Gasteiger partial charge in [-0.1, -0.05) is 0 Å². The Morgan fingerprint density at radius 1 is 1.46 bits per heavy atom. The molecule has 3 heterocycles. The Morgan fingerprint density at radius 3 is 2.58 bits per heavy atom. The van der Waals surface area contributed by atoms with Crippen molar-refractivity contribution in [2.45, 2.75) is 18.0 Å². The Balaban J connectivity index is 0.00000176. The molecular formula is C12H18Cl3N5O3S. The average molecular weight is 419 g/mol. The van der Waals surface area contributed by atoms with Gasteiger partial charge in [0.25, 0.3) is 0 Å². The van der Waals surface area contributed by atoms with E-state index >= 15 is 0 Å². The number of carboxylic acid groups (broad SMARTS) is 1. The number of amides is 1. The van der Waals surface area contributed by atoms with Crippen LogP contribution in [0, 0.1) is 0 Å². The first-order chi connectivity index (χ1) is 9.91. The lowest BCUT2D eigenvalue weighted by Gasteiger charge is -2.49. The summed E-state index contributed by atoms with van der Waals surface area (Å²) in [6.07, 6.45) is 1.76. The molecule has 1 saturated heterocycles. The third-order valence-corrected chi connectivity index (χ3v) is 5.17. The number of nitrogens with zero attached hydrogens (tertiary/aromatic N) is 3. The van der Waals surface area contributed by atoms with Crippen molar-refractivity contribution in [2.24, 2.45) is 12.8 Å². The molecular weight excluding hydrogens is 401 g/mol. The van der Waals surface area contributed by atoms with E-state index in [2.05, 4.69) is 0 Å². The molecule has 1 amide bonds. The van der Waals surface area contributed by atoms with Gasteiger partial charge in [0.05, 0.1) is 24.8 Å². The fourth-order valence-electron chi connectivity index (χ4n) is 2.56. The van der Waals surface area contributed by atoms with Crippen LogP contribution in [-0.4, -0.2) is 38.6 Å². The van der Waals surface area contributed by atoms with E-state index in [-0.39, 0.29) is 54.2 Å². The highest BCUT2D eigenvalue weighted by Crippen LogP contribution is 2.39. The number of carbonyl (C=O) groups excluding carboxylic acids is 2. The fraction of sp³-hybridized carbons (Fsp3) is 0.417. The Kier molecular flexibility index (Phi) is 7.91. The minimum atomic E-state index is -1.35. The third-order valence-electron chi connectivity index (χ3n) is 3.81. The maximum Gasteiger partial charge on any atom is 0.248 e. The maximum atomic E-state index is 11.8. The largest absolute Gasteiger partial charge is 0.543 e. The Morgan fingerprint density at radius 2 is 2.08 bits per heavy atom. The van der Waals surface area contributed by atoms with E-state index in [1.165, 1.54) is 16.7 Å². The molecule has 0 unspecified atom stereocenters. The monoisotopic (exact) mass is 417 g/mol. The number of aliphatic carboxylic acids is 1. The van der Waals surface area contributed by atoms with Crippen molar-refractivity contribution >= 4 is 66.7 Å². The molecule has 0 aromatic carbocycles. The number of halogens is 3. The summed E-state index contributed by atoms with van der Waals surface area (Å²) in [5.41, 5.74) is 12.0. The van der Waals surface area contributed by atoms with Gasteiger partial charge in [0.2, 0.25) is 5.91 Å². The predicted octanol–water partition coefficient (Wildman–Crippen LogP) is -1.59. The summed E-state index contributed by atoms with van der Waals surface area (Å²) in [6.45, 7) is 0.329. The number of nitrogens with two attached hydrogens (primary N) is 2. The number of hydrogen-bond donors (Lipinski definition) is 2. The molecule has 24 heavy (non-hydrogen) atoms. The Hall–Kier alpha value is -1.13. The van der Waals surface area contributed by atoms with Crippen LogP contribution in [0.4, 0.5) is 5.82 Å². The van der Waals surface area contributed by atoms with Gasteiger partial charge < -0.3 is 21.4 Å². The Labute approximate surface area is 161 Å². The van der Waals surface area contributed by atoms with Gasteiger partial charge in [0.1, 0.15) is 11.4 Å².